The average Bonchev–Trinajstić information content (AvgIpc) is 2.88. The van der Waals surface area contributed by atoms with E-state index in [9.17, 15) is 4.79 Å². The average molecular weight is 594 g/mol. The third-order valence-electron chi connectivity index (χ3n) is 6.52. The maximum Gasteiger partial charge on any atom is 0.196 e. The third-order valence-corrected chi connectivity index (χ3v) is 6.52. The zero-order valence-electron chi connectivity index (χ0n) is 21.7. The Bertz CT molecular complexity index is 766. The first kappa shape index (κ1) is 31.6. The van der Waals surface area contributed by atoms with E-state index in [4.69, 9.17) is 10.5 Å². The quantitative estimate of drug-likeness (QED) is 0.0892. The zero-order valence-corrected chi connectivity index (χ0v) is 24.1. The van der Waals surface area contributed by atoms with Gasteiger partial charge in [-0.05, 0) is 31.5 Å². The topological polar surface area (TPSA) is 52.3 Å². The monoisotopic (exact) mass is 593 g/mol. The molecule has 2 aromatic carbocycles. The molecule has 3 nitrogen and oxygen atoms in total. The summed E-state index contributed by atoms with van der Waals surface area (Å²) in [6.07, 6.45) is 21.3. The molecule has 0 radical (unpaired) electrons. The second-order valence-electron chi connectivity index (χ2n) is 9.49. The number of nitrogens with two attached hydrogens (primary N) is 1. The van der Waals surface area contributed by atoms with Crippen molar-refractivity contribution >= 4 is 29.8 Å². The molecular formula is C31H48INO2. The minimum absolute atomic E-state index is 0. The maximum absolute atomic E-state index is 12.8. The van der Waals surface area contributed by atoms with E-state index < -0.39 is 0 Å². The lowest BCUT2D eigenvalue weighted by Gasteiger charge is -2.11. The molecule has 35 heavy (non-hydrogen) atoms. The number of ketones is 1. The zero-order chi connectivity index (χ0) is 24.1. The molecule has 0 fully saturated rings. The molecule has 0 amide bonds. The highest BCUT2D eigenvalue weighted by atomic mass is 127. The molecule has 0 bridgehead atoms. The van der Waals surface area contributed by atoms with Gasteiger partial charge >= 0.3 is 0 Å². The lowest BCUT2D eigenvalue weighted by molar-refractivity contribution is 0.103. The Labute approximate surface area is 231 Å². The fourth-order valence-electron chi connectivity index (χ4n) is 4.43. The smallest absolute Gasteiger partial charge is 0.196 e. The van der Waals surface area contributed by atoms with E-state index in [1.807, 2.05) is 54.6 Å². The molecule has 2 aromatic rings. The van der Waals surface area contributed by atoms with Crippen molar-refractivity contribution in [3.8, 4) is 5.75 Å². The molecule has 0 aliphatic heterocycles. The van der Waals surface area contributed by atoms with Gasteiger partial charge in [0.2, 0.25) is 0 Å². The fourth-order valence-corrected chi connectivity index (χ4v) is 4.43. The van der Waals surface area contributed by atoms with Crippen LogP contribution in [-0.4, -0.2) is 18.9 Å². The van der Waals surface area contributed by atoms with Gasteiger partial charge in [-0.2, -0.15) is 0 Å². The number of hydrogen-bond acceptors (Lipinski definition) is 3. The van der Waals surface area contributed by atoms with Crippen LogP contribution in [0.1, 0.15) is 119 Å². The van der Waals surface area contributed by atoms with Crippen LogP contribution in [0.15, 0.2) is 54.6 Å². The van der Waals surface area contributed by atoms with Crippen molar-refractivity contribution in [2.24, 2.45) is 5.73 Å². The number of para-hydroxylation sites is 1. The fraction of sp³-hybridized carbons (Fsp3) is 0.581. The molecule has 0 aromatic heterocycles. The molecule has 0 aliphatic carbocycles. The number of carbonyl (C=O) groups excluding carboxylic acids is 1. The minimum Gasteiger partial charge on any atom is -0.493 e. The van der Waals surface area contributed by atoms with E-state index in [2.05, 4.69) is 0 Å². The summed E-state index contributed by atoms with van der Waals surface area (Å²) in [6.45, 7) is 1.52. The van der Waals surface area contributed by atoms with E-state index >= 15 is 0 Å². The number of carbonyl (C=O) groups is 1. The Kier molecular flexibility index (Phi) is 19.7. The first-order valence-corrected chi connectivity index (χ1v) is 13.8. The lowest BCUT2D eigenvalue weighted by Crippen LogP contribution is -2.06. The van der Waals surface area contributed by atoms with E-state index in [-0.39, 0.29) is 29.8 Å². The molecule has 0 unspecified atom stereocenters. The van der Waals surface area contributed by atoms with Gasteiger partial charge in [-0.1, -0.05) is 132 Å². The second kappa shape index (κ2) is 21.8. The van der Waals surface area contributed by atoms with E-state index in [0.717, 1.165) is 13.0 Å². The molecule has 0 saturated heterocycles. The van der Waals surface area contributed by atoms with Crippen LogP contribution in [0.25, 0.3) is 0 Å². The molecule has 196 valence electrons. The minimum atomic E-state index is 0. The van der Waals surface area contributed by atoms with Crippen LogP contribution in [0.5, 0.6) is 5.75 Å². The van der Waals surface area contributed by atoms with Crippen LogP contribution in [-0.2, 0) is 0 Å². The highest BCUT2D eigenvalue weighted by molar-refractivity contribution is 14.0. The number of unbranched alkanes of at least 4 members (excludes halogenated alkanes) is 15. The van der Waals surface area contributed by atoms with E-state index in [1.54, 1.807) is 0 Å². The van der Waals surface area contributed by atoms with Crippen LogP contribution >= 0.6 is 24.0 Å². The lowest BCUT2D eigenvalue weighted by atomic mass is 10.0. The Morgan fingerprint density at radius 2 is 1.00 bits per heavy atom. The molecule has 2 N–H and O–H groups in total. The van der Waals surface area contributed by atoms with Crippen molar-refractivity contribution in [2.75, 3.05) is 13.2 Å². The first-order chi connectivity index (χ1) is 16.8. The van der Waals surface area contributed by atoms with Gasteiger partial charge in [-0.25, -0.2) is 0 Å². The summed E-state index contributed by atoms with van der Waals surface area (Å²) in [6, 6.07) is 17.0. The predicted molar refractivity (Wildman–Crippen MR) is 160 cm³/mol. The van der Waals surface area contributed by atoms with Crippen LogP contribution in [0, 0.1) is 0 Å². The number of hydrogen-bond donors (Lipinski definition) is 1. The number of rotatable bonds is 21. The van der Waals surface area contributed by atoms with E-state index in [1.165, 1.54) is 96.3 Å². The molecule has 0 atom stereocenters. The summed E-state index contributed by atoms with van der Waals surface area (Å²) >= 11 is 0. The van der Waals surface area contributed by atoms with Gasteiger partial charge < -0.3 is 10.5 Å². The molecule has 0 aliphatic rings. The molecule has 4 heteroatoms. The van der Waals surface area contributed by atoms with E-state index in [0.29, 0.717) is 23.5 Å². The second-order valence-corrected chi connectivity index (χ2v) is 9.49. The number of ether oxygens (including phenoxy) is 1. The molecule has 0 spiro atoms. The molecule has 0 saturated carbocycles. The molecule has 0 heterocycles. The summed E-state index contributed by atoms with van der Waals surface area (Å²) in [7, 11) is 0. The van der Waals surface area contributed by atoms with Crippen LogP contribution < -0.4 is 10.5 Å². The van der Waals surface area contributed by atoms with Crippen LogP contribution in [0.2, 0.25) is 0 Å². The van der Waals surface area contributed by atoms with Crippen molar-refractivity contribution in [1.82, 2.24) is 0 Å². The van der Waals surface area contributed by atoms with Crippen molar-refractivity contribution in [3.63, 3.8) is 0 Å². The summed E-state index contributed by atoms with van der Waals surface area (Å²) in [5.74, 6) is 0.720. The van der Waals surface area contributed by atoms with Gasteiger partial charge in [-0.3, -0.25) is 4.79 Å². The maximum atomic E-state index is 12.8. The highest BCUT2D eigenvalue weighted by Crippen LogP contribution is 2.22. The van der Waals surface area contributed by atoms with Crippen molar-refractivity contribution in [1.29, 1.82) is 0 Å². The van der Waals surface area contributed by atoms with Gasteiger partial charge in [0.15, 0.2) is 5.78 Å². The van der Waals surface area contributed by atoms with Crippen molar-refractivity contribution < 1.29 is 9.53 Å². The Hall–Kier alpha value is -1.40. The van der Waals surface area contributed by atoms with Crippen LogP contribution in [0.4, 0.5) is 0 Å². The molecular weight excluding hydrogens is 545 g/mol. The largest absolute Gasteiger partial charge is 0.493 e. The Balaban J connectivity index is 0.00000612. The van der Waals surface area contributed by atoms with Gasteiger partial charge in [0.1, 0.15) is 5.75 Å². The van der Waals surface area contributed by atoms with Gasteiger partial charge in [0.25, 0.3) is 0 Å². The van der Waals surface area contributed by atoms with Gasteiger partial charge in [-0.15, -0.1) is 24.0 Å². The SMILES string of the molecule is I.NCCCCCCCCCCCCCCCCCCOc1ccccc1C(=O)c1ccccc1. The summed E-state index contributed by atoms with van der Waals surface area (Å²) in [5.41, 5.74) is 6.88. The molecule has 2 rings (SSSR count). The summed E-state index contributed by atoms with van der Waals surface area (Å²) < 4.78 is 5.98. The Morgan fingerprint density at radius 1 is 0.571 bits per heavy atom. The first-order valence-electron chi connectivity index (χ1n) is 13.8. The van der Waals surface area contributed by atoms with Gasteiger partial charge in [0, 0.05) is 5.56 Å². The highest BCUT2D eigenvalue weighted by Gasteiger charge is 2.13. The van der Waals surface area contributed by atoms with Crippen molar-refractivity contribution in [2.45, 2.75) is 103 Å². The third kappa shape index (κ3) is 14.7. The standard InChI is InChI=1S/C31H47NO2.HI/c32-26-20-13-11-9-7-5-3-1-2-4-6-8-10-12-14-21-27-34-30-25-19-18-24-29(30)31(33)28-22-16-15-17-23-28;/h15-19,22-25H,1-14,20-21,26-27,32H2;1H. The number of benzene rings is 2. The summed E-state index contributed by atoms with van der Waals surface area (Å²) in [4.78, 5) is 12.8. The van der Waals surface area contributed by atoms with Gasteiger partial charge in [0.05, 0.1) is 12.2 Å². The normalized spacial score (nSPS) is 10.7. The van der Waals surface area contributed by atoms with Crippen molar-refractivity contribution in [3.05, 3.63) is 65.7 Å². The number of halogens is 1. The summed E-state index contributed by atoms with van der Waals surface area (Å²) in [5, 5.41) is 0. The predicted octanol–water partition coefficient (Wildman–Crippen LogP) is 9.11. The Morgan fingerprint density at radius 3 is 1.51 bits per heavy atom. The van der Waals surface area contributed by atoms with Crippen LogP contribution in [0.3, 0.4) is 0 Å².